The second kappa shape index (κ2) is 6.61. The van der Waals surface area contributed by atoms with Crippen LogP contribution in [0, 0.1) is 5.92 Å². The Labute approximate surface area is 127 Å². The molecule has 2 rings (SSSR count). The molecule has 1 aliphatic carbocycles. The van der Waals surface area contributed by atoms with E-state index >= 15 is 0 Å². The summed E-state index contributed by atoms with van der Waals surface area (Å²) < 4.78 is 0. The van der Waals surface area contributed by atoms with Crippen LogP contribution in [0.15, 0.2) is 24.3 Å². The molecule has 21 heavy (non-hydrogen) atoms. The van der Waals surface area contributed by atoms with Gasteiger partial charge >= 0.3 is 0 Å². The third-order valence-corrected chi connectivity index (χ3v) is 4.36. The molecular formula is C18H27NO2. The number of nitrogens with one attached hydrogen (secondary N) is 1. The van der Waals surface area contributed by atoms with Crippen LogP contribution < -0.4 is 5.32 Å². The molecule has 0 aliphatic heterocycles. The Morgan fingerprint density at radius 2 is 1.81 bits per heavy atom. The molecule has 1 aromatic rings. The van der Waals surface area contributed by atoms with Crippen molar-refractivity contribution in [2.45, 2.75) is 58.0 Å². The summed E-state index contributed by atoms with van der Waals surface area (Å²) in [6, 6.07) is 8.01. The fraction of sp³-hybridized carbons (Fsp3) is 0.611. The normalized spacial score (nSPS) is 17.7. The Kier molecular flexibility index (Phi) is 5.04. The third-order valence-electron chi connectivity index (χ3n) is 4.36. The number of carbonyl (C=O) groups excluding carboxylic acids is 1. The molecule has 1 aliphatic rings. The van der Waals surface area contributed by atoms with Crippen LogP contribution in [0.25, 0.3) is 0 Å². The highest BCUT2D eigenvalue weighted by Gasteiger charge is 2.23. The lowest BCUT2D eigenvalue weighted by molar-refractivity contribution is -0.125. The molecule has 0 spiro atoms. The van der Waals surface area contributed by atoms with Crippen LogP contribution in [0.1, 0.15) is 63.7 Å². The average Bonchev–Trinajstić information content (AvgIpc) is 2.98. The Balaban J connectivity index is 1.88. The molecule has 0 radical (unpaired) electrons. The van der Waals surface area contributed by atoms with Crippen LogP contribution >= 0.6 is 0 Å². The summed E-state index contributed by atoms with van der Waals surface area (Å²) in [5, 5.41) is 13.1. The number of hydrogen-bond acceptors (Lipinski definition) is 2. The van der Waals surface area contributed by atoms with Crippen LogP contribution in [-0.4, -0.2) is 17.6 Å². The minimum atomic E-state index is -0.635. The lowest BCUT2D eigenvalue weighted by Crippen LogP contribution is -2.32. The monoisotopic (exact) mass is 289 g/mol. The molecule has 1 fully saturated rings. The second-order valence-electron chi connectivity index (χ2n) is 7.11. The van der Waals surface area contributed by atoms with Gasteiger partial charge in [-0.15, -0.1) is 0 Å². The first-order valence-corrected chi connectivity index (χ1v) is 7.94. The summed E-state index contributed by atoms with van der Waals surface area (Å²) in [5.41, 5.74) is 2.21. The van der Waals surface area contributed by atoms with E-state index in [0.717, 1.165) is 31.2 Å². The van der Waals surface area contributed by atoms with Crippen molar-refractivity contribution in [3.05, 3.63) is 35.4 Å². The van der Waals surface area contributed by atoms with E-state index in [4.69, 9.17) is 0 Å². The molecule has 0 aromatic heterocycles. The van der Waals surface area contributed by atoms with Crippen molar-refractivity contribution in [2.75, 3.05) is 6.54 Å². The SMILES string of the molecule is CC(C)(C)c1ccc(C(O)CNC(=O)C2CCCC2)cc1. The molecule has 1 amide bonds. The highest BCUT2D eigenvalue weighted by Crippen LogP contribution is 2.25. The fourth-order valence-corrected chi connectivity index (χ4v) is 2.85. The maximum atomic E-state index is 11.9. The second-order valence-corrected chi connectivity index (χ2v) is 7.11. The van der Waals surface area contributed by atoms with Crippen molar-refractivity contribution in [1.82, 2.24) is 5.32 Å². The average molecular weight is 289 g/mol. The number of benzene rings is 1. The van der Waals surface area contributed by atoms with Crippen LogP contribution in [0.3, 0.4) is 0 Å². The van der Waals surface area contributed by atoms with Crippen molar-refractivity contribution < 1.29 is 9.90 Å². The maximum Gasteiger partial charge on any atom is 0.223 e. The highest BCUT2D eigenvalue weighted by atomic mass is 16.3. The zero-order chi connectivity index (χ0) is 15.5. The van der Waals surface area contributed by atoms with Gasteiger partial charge in [0.15, 0.2) is 0 Å². The van der Waals surface area contributed by atoms with Crippen LogP contribution in [-0.2, 0) is 10.2 Å². The van der Waals surface area contributed by atoms with E-state index in [1.54, 1.807) is 0 Å². The van der Waals surface area contributed by atoms with E-state index < -0.39 is 6.10 Å². The van der Waals surface area contributed by atoms with E-state index in [1.807, 2.05) is 12.1 Å². The first-order chi connectivity index (χ1) is 9.88. The molecule has 0 saturated heterocycles. The number of aliphatic hydroxyl groups excluding tert-OH is 1. The van der Waals surface area contributed by atoms with Crippen molar-refractivity contribution in [2.24, 2.45) is 5.92 Å². The van der Waals surface area contributed by atoms with E-state index in [9.17, 15) is 9.90 Å². The third kappa shape index (κ3) is 4.31. The Morgan fingerprint density at radius 1 is 1.24 bits per heavy atom. The first kappa shape index (κ1) is 16.0. The van der Waals surface area contributed by atoms with Gasteiger partial charge in [0.05, 0.1) is 6.10 Å². The summed E-state index contributed by atoms with van der Waals surface area (Å²) >= 11 is 0. The van der Waals surface area contributed by atoms with Gasteiger partial charge in [0, 0.05) is 12.5 Å². The quantitative estimate of drug-likeness (QED) is 0.893. The van der Waals surface area contributed by atoms with E-state index in [0.29, 0.717) is 6.54 Å². The molecule has 3 heteroatoms. The van der Waals surface area contributed by atoms with Crippen molar-refractivity contribution >= 4 is 5.91 Å². The summed E-state index contributed by atoms with van der Waals surface area (Å²) in [6.07, 6.45) is 3.64. The van der Waals surface area contributed by atoms with Gasteiger partial charge in [0.1, 0.15) is 0 Å². The van der Waals surface area contributed by atoms with E-state index in [2.05, 4.69) is 38.2 Å². The van der Waals surface area contributed by atoms with Crippen molar-refractivity contribution in [1.29, 1.82) is 0 Å². The molecule has 1 unspecified atom stereocenters. The fourth-order valence-electron chi connectivity index (χ4n) is 2.85. The predicted octanol–water partition coefficient (Wildman–Crippen LogP) is 3.32. The lowest BCUT2D eigenvalue weighted by atomic mass is 9.86. The largest absolute Gasteiger partial charge is 0.387 e. The Hall–Kier alpha value is -1.35. The molecule has 0 bridgehead atoms. The van der Waals surface area contributed by atoms with Gasteiger partial charge in [-0.3, -0.25) is 4.79 Å². The summed E-state index contributed by atoms with van der Waals surface area (Å²) in [4.78, 5) is 11.9. The topological polar surface area (TPSA) is 49.3 Å². The molecule has 0 heterocycles. The zero-order valence-electron chi connectivity index (χ0n) is 13.4. The first-order valence-electron chi connectivity index (χ1n) is 7.94. The summed E-state index contributed by atoms with van der Waals surface area (Å²) in [5.74, 6) is 0.248. The van der Waals surface area contributed by atoms with Crippen LogP contribution in [0.2, 0.25) is 0 Å². The van der Waals surface area contributed by atoms with Gasteiger partial charge in [-0.2, -0.15) is 0 Å². The number of amides is 1. The minimum absolute atomic E-state index is 0.0952. The molecule has 1 saturated carbocycles. The van der Waals surface area contributed by atoms with E-state index in [1.165, 1.54) is 5.56 Å². The molecule has 1 aromatic carbocycles. The summed E-state index contributed by atoms with van der Waals surface area (Å²) in [7, 11) is 0. The minimum Gasteiger partial charge on any atom is -0.387 e. The van der Waals surface area contributed by atoms with Gasteiger partial charge in [-0.1, -0.05) is 57.9 Å². The predicted molar refractivity (Wildman–Crippen MR) is 85.1 cm³/mol. The molecule has 3 nitrogen and oxygen atoms in total. The van der Waals surface area contributed by atoms with Gasteiger partial charge in [0.25, 0.3) is 0 Å². The number of hydrogen-bond donors (Lipinski definition) is 2. The molecule has 116 valence electrons. The summed E-state index contributed by atoms with van der Waals surface area (Å²) in [6.45, 7) is 6.80. The number of rotatable bonds is 4. The number of carbonyl (C=O) groups is 1. The van der Waals surface area contributed by atoms with Crippen molar-refractivity contribution in [3.8, 4) is 0 Å². The number of aliphatic hydroxyl groups is 1. The van der Waals surface area contributed by atoms with Crippen LogP contribution in [0.4, 0.5) is 0 Å². The molecular weight excluding hydrogens is 262 g/mol. The van der Waals surface area contributed by atoms with Gasteiger partial charge in [-0.25, -0.2) is 0 Å². The highest BCUT2D eigenvalue weighted by molar-refractivity contribution is 5.78. The van der Waals surface area contributed by atoms with Gasteiger partial charge < -0.3 is 10.4 Å². The van der Waals surface area contributed by atoms with Gasteiger partial charge in [-0.05, 0) is 29.4 Å². The van der Waals surface area contributed by atoms with Gasteiger partial charge in [0.2, 0.25) is 5.91 Å². The van der Waals surface area contributed by atoms with Crippen molar-refractivity contribution in [3.63, 3.8) is 0 Å². The Bertz CT molecular complexity index is 467. The zero-order valence-corrected chi connectivity index (χ0v) is 13.4. The van der Waals surface area contributed by atoms with E-state index in [-0.39, 0.29) is 17.2 Å². The Morgan fingerprint density at radius 3 is 2.33 bits per heavy atom. The van der Waals surface area contributed by atoms with Crippen LogP contribution in [0.5, 0.6) is 0 Å². The molecule has 1 atom stereocenters. The smallest absolute Gasteiger partial charge is 0.223 e. The lowest BCUT2D eigenvalue weighted by Gasteiger charge is -2.20. The maximum absolute atomic E-state index is 11.9. The molecule has 2 N–H and O–H groups in total. The standard InChI is InChI=1S/C18H27NO2/c1-18(2,3)15-10-8-13(9-11-15)16(20)12-19-17(21)14-6-4-5-7-14/h8-11,14,16,20H,4-7,12H2,1-3H3,(H,19,21).